The van der Waals surface area contributed by atoms with Gasteiger partial charge in [-0.25, -0.2) is 0 Å². The number of amides is 1. The quantitative estimate of drug-likeness (QED) is 0.449. The number of aromatic nitrogens is 2. The van der Waals surface area contributed by atoms with Crippen molar-refractivity contribution in [1.82, 2.24) is 14.0 Å². The van der Waals surface area contributed by atoms with Crippen molar-refractivity contribution >= 4 is 27.6 Å². The van der Waals surface area contributed by atoms with Gasteiger partial charge in [0.25, 0.3) is 11.5 Å². The Morgan fingerprint density at radius 2 is 1.83 bits per heavy atom. The highest BCUT2D eigenvalue weighted by Gasteiger charge is 2.23. The normalized spacial score (nSPS) is 14.2. The summed E-state index contributed by atoms with van der Waals surface area (Å²) >= 11 is 0. The van der Waals surface area contributed by atoms with Crippen molar-refractivity contribution in [1.29, 1.82) is 0 Å². The van der Waals surface area contributed by atoms with E-state index >= 15 is 0 Å². The van der Waals surface area contributed by atoms with Gasteiger partial charge in [0.1, 0.15) is 5.75 Å². The van der Waals surface area contributed by atoms with Crippen molar-refractivity contribution in [3.05, 3.63) is 70.8 Å². The second-order valence-corrected chi connectivity index (χ2v) is 8.60. The number of halogens is 2. The van der Waals surface area contributed by atoms with Crippen LogP contribution < -0.4 is 10.3 Å². The lowest BCUT2D eigenvalue weighted by atomic mass is 10.0. The van der Waals surface area contributed by atoms with Gasteiger partial charge in [-0.1, -0.05) is 6.07 Å². The van der Waals surface area contributed by atoms with Crippen LogP contribution in [0, 0.1) is 0 Å². The maximum atomic E-state index is 13.6. The minimum absolute atomic E-state index is 0.0364. The van der Waals surface area contributed by atoms with E-state index in [2.05, 4.69) is 4.74 Å². The number of pyridine rings is 1. The van der Waals surface area contributed by atoms with Crippen LogP contribution in [0.4, 0.5) is 8.78 Å². The van der Waals surface area contributed by atoms with Crippen LogP contribution in [0.2, 0.25) is 0 Å². The molecule has 0 bridgehead atoms. The molecule has 2 aromatic carbocycles. The molecule has 0 unspecified atom stereocenters. The fourth-order valence-corrected chi connectivity index (χ4v) is 4.84. The van der Waals surface area contributed by atoms with Gasteiger partial charge in [0.05, 0.1) is 28.8 Å². The Morgan fingerprint density at radius 3 is 2.57 bits per heavy atom. The van der Waals surface area contributed by atoms with Crippen molar-refractivity contribution < 1.29 is 23.4 Å². The van der Waals surface area contributed by atoms with Crippen molar-refractivity contribution in [2.75, 3.05) is 19.7 Å². The van der Waals surface area contributed by atoms with Crippen molar-refractivity contribution in [3.8, 4) is 11.4 Å². The summed E-state index contributed by atoms with van der Waals surface area (Å²) in [7, 11) is 0. The first-order chi connectivity index (χ1) is 17.0. The van der Waals surface area contributed by atoms with Gasteiger partial charge in [0, 0.05) is 42.8 Å². The molecule has 182 valence electrons. The average Bonchev–Trinajstić information content (AvgIpc) is 3.28. The number of rotatable bonds is 6. The first kappa shape index (κ1) is 23.0. The third kappa shape index (κ3) is 4.27. The molecule has 35 heavy (non-hydrogen) atoms. The molecule has 4 aromatic rings. The number of aliphatic hydroxyl groups excluding tert-OH is 1. The fourth-order valence-electron chi connectivity index (χ4n) is 4.84. The second kappa shape index (κ2) is 9.50. The second-order valence-electron chi connectivity index (χ2n) is 8.60. The molecule has 0 atom stereocenters. The number of hydrogen-bond donors (Lipinski definition) is 1. The fraction of sp³-hybridized carbons (Fsp3) is 0.308. The number of ether oxygens (including phenoxy) is 1. The number of carbonyl (C=O) groups is 1. The summed E-state index contributed by atoms with van der Waals surface area (Å²) in [5, 5.41) is 10.7. The summed E-state index contributed by atoms with van der Waals surface area (Å²) < 4.78 is 33.5. The Bertz CT molecular complexity index is 1450. The zero-order valence-electron chi connectivity index (χ0n) is 19.0. The van der Waals surface area contributed by atoms with Gasteiger partial charge in [-0.3, -0.25) is 14.2 Å². The van der Waals surface area contributed by atoms with Gasteiger partial charge < -0.3 is 19.3 Å². The molecular formula is C26H25F2N3O4. The van der Waals surface area contributed by atoms with Crippen LogP contribution in [0.5, 0.6) is 5.75 Å². The number of fused-ring (bicyclic) bond motifs is 2. The lowest BCUT2D eigenvalue weighted by Gasteiger charge is -2.27. The summed E-state index contributed by atoms with van der Waals surface area (Å²) in [6.45, 7) is -1.41. The number of alkyl halides is 2. The maximum Gasteiger partial charge on any atom is 0.387 e. The molecule has 0 aliphatic carbocycles. The van der Waals surface area contributed by atoms with Gasteiger partial charge in [-0.15, -0.1) is 0 Å². The van der Waals surface area contributed by atoms with Gasteiger partial charge in [0.2, 0.25) is 0 Å². The monoisotopic (exact) mass is 481 g/mol. The summed E-state index contributed by atoms with van der Waals surface area (Å²) in [5.74, 6) is -0.345. The third-order valence-corrected chi connectivity index (χ3v) is 6.48. The topological polar surface area (TPSA) is 76.7 Å². The number of piperidine rings is 1. The van der Waals surface area contributed by atoms with Crippen LogP contribution in [-0.2, 0) is 6.54 Å². The summed E-state index contributed by atoms with van der Waals surface area (Å²) in [4.78, 5) is 29.0. The highest BCUT2D eigenvalue weighted by molar-refractivity contribution is 6.07. The lowest BCUT2D eigenvalue weighted by Crippen LogP contribution is -2.36. The summed E-state index contributed by atoms with van der Waals surface area (Å²) in [6.07, 6.45) is 6.25. The minimum atomic E-state index is -3.03. The molecule has 0 spiro atoms. The first-order valence-corrected chi connectivity index (χ1v) is 11.6. The van der Waals surface area contributed by atoms with Crippen LogP contribution in [0.25, 0.3) is 27.4 Å². The number of hydrogen-bond acceptors (Lipinski definition) is 4. The molecule has 7 nitrogen and oxygen atoms in total. The van der Waals surface area contributed by atoms with Crippen LogP contribution in [0.1, 0.15) is 29.6 Å². The molecular weight excluding hydrogens is 456 g/mol. The Morgan fingerprint density at radius 1 is 1.03 bits per heavy atom. The molecule has 2 aromatic heterocycles. The van der Waals surface area contributed by atoms with Crippen molar-refractivity contribution in [2.24, 2.45) is 0 Å². The Hall–Kier alpha value is -3.72. The maximum absolute atomic E-state index is 13.6. The third-order valence-electron chi connectivity index (χ3n) is 6.48. The van der Waals surface area contributed by atoms with Crippen molar-refractivity contribution in [3.63, 3.8) is 0 Å². The van der Waals surface area contributed by atoms with E-state index in [1.165, 1.54) is 22.8 Å². The van der Waals surface area contributed by atoms with E-state index in [0.717, 1.165) is 30.2 Å². The zero-order valence-corrected chi connectivity index (χ0v) is 19.0. The zero-order chi connectivity index (χ0) is 24.5. The minimum Gasteiger partial charge on any atom is -0.435 e. The lowest BCUT2D eigenvalue weighted by molar-refractivity contribution is -0.0497. The molecule has 1 aliphatic heterocycles. The van der Waals surface area contributed by atoms with Gasteiger partial charge in [0.15, 0.2) is 0 Å². The number of aliphatic hydroxyl groups is 1. The first-order valence-electron chi connectivity index (χ1n) is 11.6. The van der Waals surface area contributed by atoms with Crippen LogP contribution in [0.15, 0.2) is 59.7 Å². The number of nitrogens with zero attached hydrogens (tertiary/aromatic N) is 3. The van der Waals surface area contributed by atoms with E-state index in [1.54, 1.807) is 23.2 Å². The molecule has 9 heteroatoms. The van der Waals surface area contributed by atoms with E-state index < -0.39 is 12.2 Å². The predicted octanol–water partition coefficient (Wildman–Crippen LogP) is 4.17. The molecule has 1 fully saturated rings. The standard InChI is InChI=1S/C26H25F2N3O4/c27-26(28)35-17-7-8-18-20(15-17)25(34)31(16-21(18)24(33)30-10-2-1-3-11-30)23-6-4-5-22-19(23)9-12-29(22)13-14-32/h4-9,12,15-16,26,32H,1-3,10-11,13-14H2. The molecule has 3 heterocycles. The number of carbonyl (C=O) groups excluding carboxylic acids is 1. The highest BCUT2D eigenvalue weighted by Crippen LogP contribution is 2.28. The molecule has 1 amide bonds. The molecule has 5 rings (SSSR count). The van der Waals surface area contributed by atoms with Crippen LogP contribution in [0.3, 0.4) is 0 Å². The van der Waals surface area contributed by atoms with Gasteiger partial charge in [-0.05, 0) is 55.7 Å². The summed E-state index contributed by atoms with van der Waals surface area (Å²) in [5.41, 5.74) is 1.26. The van der Waals surface area contributed by atoms with Crippen LogP contribution in [-0.4, -0.2) is 51.4 Å². The molecule has 1 N–H and O–H groups in total. The predicted molar refractivity (Wildman–Crippen MR) is 129 cm³/mol. The van der Waals surface area contributed by atoms with E-state index in [9.17, 15) is 23.5 Å². The van der Waals surface area contributed by atoms with E-state index in [1.807, 2.05) is 22.9 Å². The van der Waals surface area contributed by atoms with E-state index in [4.69, 9.17) is 0 Å². The largest absolute Gasteiger partial charge is 0.435 e. The summed E-state index contributed by atoms with van der Waals surface area (Å²) in [6, 6.07) is 11.4. The smallest absolute Gasteiger partial charge is 0.387 e. The number of benzene rings is 2. The van der Waals surface area contributed by atoms with Crippen molar-refractivity contribution in [2.45, 2.75) is 32.4 Å². The Kier molecular flexibility index (Phi) is 6.25. The number of likely N-dealkylation sites (tertiary alicyclic amines) is 1. The molecule has 0 saturated carbocycles. The average molecular weight is 481 g/mol. The molecule has 1 aliphatic rings. The van der Waals surface area contributed by atoms with Crippen LogP contribution >= 0.6 is 0 Å². The SMILES string of the molecule is O=C(c1cn(-c2cccc3c2ccn3CCO)c(=O)c2cc(OC(F)F)ccc12)N1CCCCC1. The molecule has 1 saturated heterocycles. The Balaban J connectivity index is 1.75. The highest BCUT2D eigenvalue weighted by atomic mass is 19.3. The molecule has 0 radical (unpaired) electrons. The van der Waals surface area contributed by atoms with E-state index in [-0.39, 0.29) is 23.6 Å². The Labute approximate surface area is 199 Å². The van der Waals surface area contributed by atoms with Gasteiger partial charge in [-0.2, -0.15) is 8.78 Å². The van der Waals surface area contributed by atoms with E-state index in [0.29, 0.717) is 36.3 Å². The van der Waals surface area contributed by atoms with Gasteiger partial charge >= 0.3 is 6.61 Å².